The van der Waals surface area contributed by atoms with Crippen molar-refractivity contribution in [3.8, 4) is 0 Å². The van der Waals surface area contributed by atoms with Crippen LogP contribution in [0.3, 0.4) is 0 Å². The Morgan fingerprint density at radius 2 is 2.47 bits per heavy atom. The van der Waals surface area contributed by atoms with Crippen LogP contribution in [0.1, 0.15) is 31.2 Å². The quantitative estimate of drug-likeness (QED) is 0.922. The molecular formula is C11H16BrNOS. The number of ether oxygens (including phenoxy) is 1. The number of nitrogens with one attached hydrogen (secondary N) is 1. The molecule has 0 bridgehead atoms. The maximum absolute atomic E-state index is 5.54. The molecule has 2 heterocycles. The van der Waals surface area contributed by atoms with Gasteiger partial charge in [0.1, 0.15) is 0 Å². The number of rotatable bonds is 3. The lowest BCUT2D eigenvalue weighted by Crippen LogP contribution is -2.36. The highest BCUT2D eigenvalue weighted by Gasteiger charge is 2.25. The Bertz CT molecular complexity index is 328. The van der Waals surface area contributed by atoms with E-state index in [-0.39, 0.29) is 0 Å². The van der Waals surface area contributed by atoms with Gasteiger partial charge in [-0.2, -0.15) is 0 Å². The second-order valence-corrected chi connectivity index (χ2v) is 5.89. The molecule has 1 aromatic rings. The molecule has 1 N–H and O–H groups in total. The zero-order valence-corrected chi connectivity index (χ0v) is 11.4. The van der Waals surface area contributed by atoms with Crippen molar-refractivity contribution in [2.75, 3.05) is 6.61 Å². The van der Waals surface area contributed by atoms with Crippen molar-refractivity contribution in [1.82, 2.24) is 5.32 Å². The van der Waals surface area contributed by atoms with Gasteiger partial charge in [0.2, 0.25) is 0 Å². The SMILES string of the molecule is CC(NC1CCOC1C)c1cc(Br)cs1. The lowest BCUT2D eigenvalue weighted by atomic mass is 10.1. The first kappa shape index (κ1) is 11.6. The molecule has 0 saturated carbocycles. The van der Waals surface area contributed by atoms with Gasteiger partial charge in [-0.15, -0.1) is 11.3 Å². The maximum Gasteiger partial charge on any atom is 0.0700 e. The Morgan fingerprint density at radius 3 is 3.00 bits per heavy atom. The van der Waals surface area contributed by atoms with E-state index in [2.05, 4.69) is 46.5 Å². The first-order valence-electron chi connectivity index (χ1n) is 5.28. The van der Waals surface area contributed by atoms with E-state index in [1.807, 2.05) is 0 Å². The Hall–Kier alpha value is 0.1000. The standard InChI is InChI=1S/C11H16BrNOS/c1-7(11-5-9(12)6-15-11)13-10-3-4-14-8(10)2/h5-8,10,13H,3-4H2,1-2H3. The van der Waals surface area contributed by atoms with Gasteiger partial charge in [-0.1, -0.05) is 0 Å². The largest absolute Gasteiger partial charge is 0.377 e. The topological polar surface area (TPSA) is 21.3 Å². The van der Waals surface area contributed by atoms with Gasteiger partial charge in [0.05, 0.1) is 6.10 Å². The average Bonchev–Trinajstić information content (AvgIpc) is 2.77. The van der Waals surface area contributed by atoms with Gasteiger partial charge < -0.3 is 10.1 Å². The summed E-state index contributed by atoms with van der Waals surface area (Å²) in [6.07, 6.45) is 1.47. The van der Waals surface area contributed by atoms with Crippen molar-refractivity contribution in [1.29, 1.82) is 0 Å². The molecule has 0 spiro atoms. The highest BCUT2D eigenvalue weighted by Crippen LogP contribution is 2.26. The third-order valence-corrected chi connectivity index (χ3v) is 4.73. The molecule has 15 heavy (non-hydrogen) atoms. The molecule has 3 atom stereocenters. The Morgan fingerprint density at radius 1 is 1.67 bits per heavy atom. The second-order valence-electron chi connectivity index (χ2n) is 4.03. The minimum Gasteiger partial charge on any atom is -0.377 e. The van der Waals surface area contributed by atoms with Crippen molar-refractivity contribution in [3.63, 3.8) is 0 Å². The van der Waals surface area contributed by atoms with Gasteiger partial charge in [-0.25, -0.2) is 0 Å². The normalized spacial score (nSPS) is 28.2. The molecule has 84 valence electrons. The van der Waals surface area contributed by atoms with Gasteiger partial charge in [0.25, 0.3) is 0 Å². The molecule has 4 heteroatoms. The van der Waals surface area contributed by atoms with Gasteiger partial charge >= 0.3 is 0 Å². The van der Waals surface area contributed by atoms with E-state index >= 15 is 0 Å². The van der Waals surface area contributed by atoms with E-state index < -0.39 is 0 Å². The van der Waals surface area contributed by atoms with E-state index in [1.54, 1.807) is 11.3 Å². The van der Waals surface area contributed by atoms with Crippen LogP contribution in [0.15, 0.2) is 15.9 Å². The smallest absolute Gasteiger partial charge is 0.0700 e. The lowest BCUT2D eigenvalue weighted by molar-refractivity contribution is 0.111. The highest BCUT2D eigenvalue weighted by molar-refractivity contribution is 9.10. The summed E-state index contributed by atoms with van der Waals surface area (Å²) in [5.74, 6) is 0. The fourth-order valence-electron chi connectivity index (χ4n) is 1.91. The van der Waals surface area contributed by atoms with Crippen LogP contribution in [0.25, 0.3) is 0 Å². The van der Waals surface area contributed by atoms with Crippen LogP contribution in [0.2, 0.25) is 0 Å². The average molecular weight is 290 g/mol. The van der Waals surface area contributed by atoms with E-state index in [1.165, 1.54) is 9.35 Å². The van der Waals surface area contributed by atoms with Gasteiger partial charge in [-0.05, 0) is 42.3 Å². The van der Waals surface area contributed by atoms with Crippen LogP contribution in [-0.2, 0) is 4.74 Å². The number of hydrogen-bond acceptors (Lipinski definition) is 3. The third-order valence-electron chi connectivity index (χ3n) is 2.85. The Labute approximate surface area is 103 Å². The molecule has 1 fully saturated rings. The molecule has 1 aliphatic heterocycles. The molecule has 0 aliphatic carbocycles. The number of hydrogen-bond donors (Lipinski definition) is 1. The molecule has 2 rings (SSSR count). The van der Waals surface area contributed by atoms with Crippen molar-refractivity contribution in [2.24, 2.45) is 0 Å². The Balaban J connectivity index is 1.94. The highest BCUT2D eigenvalue weighted by atomic mass is 79.9. The predicted molar refractivity (Wildman–Crippen MR) is 67.4 cm³/mol. The van der Waals surface area contributed by atoms with Crippen LogP contribution < -0.4 is 5.32 Å². The molecule has 2 nitrogen and oxygen atoms in total. The zero-order chi connectivity index (χ0) is 10.8. The molecule has 0 amide bonds. The summed E-state index contributed by atoms with van der Waals surface area (Å²) < 4.78 is 6.71. The van der Waals surface area contributed by atoms with Crippen LogP contribution in [-0.4, -0.2) is 18.8 Å². The lowest BCUT2D eigenvalue weighted by Gasteiger charge is -2.20. The summed E-state index contributed by atoms with van der Waals surface area (Å²) in [4.78, 5) is 1.38. The molecule has 3 unspecified atom stereocenters. The summed E-state index contributed by atoms with van der Waals surface area (Å²) in [5, 5.41) is 5.75. The van der Waals surface area contributed by atoms with Crippen molar-refractivity contribution in [2.45, 2.75) is 38.5 Å². The van der Waals surface area contributed by atoms with Gasteiger partial charge in [0, 0.05) is 33.4 Å². The van der Waals surface area contributed by atoms with Crippen LogP contribution in [0.5, 0.6) is 0 Å². The predicted octanol–water partition coefficient (Wildman–Crippen LogP) is 3.34. The van der Waals surface area contributed by atoms with E-state index in [0.29, 0.717) is 18.2 Å². The number of halogens is 1. The number of thiophene rings is 1. The zero-order valence-electron chi connectivity index (χ0n) is 9.00. The van der Waals surface area contributed by atoms with Crippen molar-refractivity contribution >= 4 is 27.3 Å². The summed E-state index contributed by atoms with van der Waals surface area (Å²) >= 11 is 5.28. The minimum atomic E-state index is 0.343. The molecule has 1 saturated heterocycles. The first-order chi connectivity index (χ1) is 7.16. The van der Waals surface area contributed by atoms with Crippen LogP contribution in [0.4, 0.5) is 0 Å². The summed E-state index contributed by atoms with van der Waals surface area (Å²) in [6, 6.07) is 3.10. The van der Waals surface area contributed by atoms with E-state index in [0.717, 1.165) is 13.0 Å². The fraction of sp³-hybridized carbons (Fsp3) is 0.636. The molecule has 1 aromatic heterocycles. The van der Waals surface area contributed by atoms with E-state index in [4.69, 9.17) is 4.74 Å². The minimum absolute atomic E-state index is 0.343. The van der Waals surface area contributed by atoms with E-state index in [9.17, 15) is 0 Å². The van der Waals surface area contributed by atoms with Gasteiger partial charge in [-0.3, -0.25) is 0 Å². The third kappa shape index (κ3) is 2.81. The second kappa shape index (κ2) is 4.95. The first-order valence-corrected chi connectivity index (χ1v) is 6.95. The molecule has 0 aromatic carbocycles. The maximum atomic E-state index is 5.54. The molecular weight excluding hydrogens is 274 g/mol. The summed E-state index contributed by atoms with van der Waals surface area (Å²) in [5.41, 5.74) is 0. The molecule has 1 aliphatic rings. The van der Waals surface area contributed by atoms with Crippen molar-refractivity contribution in [3.05, 3.63) is 20.8 Å². The monoisotopic (exact) mass is 289 g/mol. The summed E-state index contributed by atoms with van der Waals surface area (Å²) in [6.45, 7) is 5.24. The van der Waals surface area contributed by atoms with Crippen molar-refractivity contribution < 1.29 is 4.74 Å². The van der Waals surface area contributed by atoms with Gasteiger partial charge in [0.15, 0.2) is 0 Å². The van der Waals surface area contributed by atoms with Crippen LogP contribution in [0, 0.1) is 0 Å². The van der Waals surface area contributed by atoms with Crippen LogP contribution >= 0.6 is 27.3 Å². The fourth-order valence-corrected chi connectivity index (χ4v) is 3.37. The summed E-state index contributed by atoms with van der Waals surface area (Å²) in [7, 11) is 0. The Kier molecular flexibility index (Phi) is 3.83. The molecule has 0 radical (unpaired) electrons.